The van der Waals surface area contributed by atoms with Crippen molar-refractivity contribution in [2.75, 3.05) is 20.1 Å². The molecule has 0 heterocycles. The molecule has 2 N–H and O–H groups in total. The summed E-state index contributed by atoms with van der Waals surface area (Å²) in [5.74, 6) is 0.645. The zero-order valence-electron chi connectivity index (χ0n) is 10.6. The zero-order chi connectivity index (χ0) is 12.4. The van der Waals surface area contributed by atoms with E-state index in [-0.39, 0.29) is 11.9 Å². The molecule has 1 saturated carbocycles. The van der Waals surface area contributed by atoms with Gasteiger partial charge in [-0.1, -0.05) is 6.07 Å². The van der Waals surface area contributed by atoms with Crippen molar-refractivity contribution in [1.82, 2.24) is 4.90 Å². The molecule has 1 aliphatic carbocycles. The molecule has 94 valence electrons. The molecule has 1 aromatic carbocycles. The van der Waals surface area contributed by atoms with Crippen molar-refractivity contribution in [3.05, 3.63) is 35.1 Å². The van der Waals surface area contributed by atoms with Crippen molar-refractivity contribution in [3.63, 3.8) is 0 Å². The number of nitrogens with two attached hydrogens (primary N) is 1. The number of rotatable bonds is 5. The van der Waals surface area contributed by atoms with Gasteiger partial charge in [-0.2, -0.15) is 0 Å². The first-order valence-corrected chi connectivity index (χ1v) is 6.28. The minimum Gasteiger partial charge on any atom is -0.329 e. The number of halogens is 1. The molecule has 0 amide bonds. The Hall–Kier alpha value is -0.930. The third kappa shape index (κ3) is 3.05. The number of hydrogen-bond acceptors (Lipinski definition) is 2. The second kappa shape index (κ2) is 5.15. The minimum atomic E-state index is -0.177. The highest BCUT2D eigenvalue weighted by Crippen LogP contribution is 2.32. The Kier molecular flexibility index (Phi) is 3.79. The lowest BCUT2D eigenvalue weighted by molar-refractivity contribution is 0.239. The van der Waals surface area contributed by atoms with E-state index in [1.165, 1.54) is 18.9 Å². The van der Waals surface area contributed by atoms with E-state index in [1.807, 2.05) is 13.0 Å². The first kappa shape index (κ1) is 12.5. The Balaban J connectivity index is 2.17. The summed E-state index contributed by atoms with van der Waals surface area (Å²) in [6.07, 6.45) is 2.65. The van der Waals surface area contributed by atoms with Crippen LogP contribution in [-0.4, -0.2) is 25.0 Å². The van der Waals surface area contributed by atoms with Crippen LogP contribution in [-0.2, 0) is 0 Å². The number of hydrogen-bond donors (Lipinski definition) is 1. The maximum atomic E-state index is 13.3. The lowest BCUT2D eigenvalue weighted by atomic mass is 10.00. The molecule has 1 fully saturated rings. The van der Waals surface area contributed by atoms with Gasteiger partial charge in [0.2, 0.25) is 0 Å². The second-order valence-electron chi connectivity index (χ2n) is 5.14. The van der Waals surface area contributed by atoms with E-state index in [9.17, 15) is 4.39 Å². The van der Waals surface area contributed by atoms with Crippen LogP contribution in [0.2, 0.25) is 0 Å². The lowest BCUT2D eigenvalue weighted by Gasteiger charge is -2.28. The van der Waals surface area contributed by atoms with Crippen LogP contribution < -0.4 is 5.73 Å². The molecule has 0 spiro atoms. The SMILES string of the molecule is Cc1ccc(F)cc1C(CN)N(C)CC1CC1. The van der Waals surface area contributed by atoms with Crippen LogP contribution in [0, 0.1) is 18.7 Å². The van der Waals surface area contributed by atoms with Gasteiger partial charge in [0.05, 0.1) is 0 Å². The van der Waals surface area contributed by atoms with Crippen molar-refractivity contribution in [1.29, 1.82) is 0 Å². The van der Waals surface area contributed by atoms with Crippen LogP contribution in [0.3, 0.4) is 0 Å². The van der Waals surface area contributed by atoms with Crippen molar-refractivity contribution in [3.8, 4) is 0 Å². The summed E-state index contributed by atoms with van der Waals surface area (Å²) in [5.41, 5.74) is 8.00. The Bertz CT molecular complexity index is 388. The molecule has 1 aromatic rings. The van der Waals surface area contributed by atoms with Gasteiger partial charge in [-0.05, 0) is 56.0 Å². The molecule has 1 atom stereocenters. The van der Waals surface area contributed by atoms with E-state index in [2.05, 4.69) is 11.9 Å². The first-order chi connectivity index (χ1) is 8.11. The third-order valence-electron chi connectivity index (χ3n) is 3.60. The monoisotopic (exact) mass is 236 g/mol. The summed E-state index contributed by atoms with van der Waals surface area (Å²) in [6, 6.07) is 5.09. The van der Waals surface area contributed by atoms with Gasteiger partial charge in [-0.25, -0.2) is 4.39 Å². The predicted molar refractivity (Wildman–Crippen MR) is 68.3 cm³/mol. The molecule has 0 radical (unpaired) electrons. The Morgan fingerprint density at radius 1 is 1.47 bits per heavy atom. The topological polar surface area (TPSA) is 29.3 Å². The fraction of sp³-hybridized carbons (Fsp3) is 0.571. The molecular weight excluding hydrogens is 215 g/mol. The molecule has 3 heteroatoms. The summed E-state index contributed by atoms with van der Waals surface area (Å²) < 4.78 is 13.3. The van der Waals surface area contributed by atoms with E-state index >= 15 is 0 Å². The van der Waals surface area contributed by atoms with Crippen molar-refractivity contribution in [2.45, 2.75) is 25.8 Å². The molecular formula is C14H21FN2. The smallest absolute Gasteiger partial charge is 0.123 e. The van der Waals surface area contributed by atoms with Gasteiger partial charge >= 0.3 is 0 Å². The first-order valence-electron chi connectivity index (χ1n) is 6.28. The van der Waals surface area contributed by atoms with Crippen molar-refractivity contribution >= 4 is 0 Å². The van der Waals surface area contributed by atoms with Crippen LogP contribution in [0.15, 0.2) is 18.2 Å². The van der Waals surface area contributed by atoms with E-state index in [0.29, 0.717) is 6.54 Å². The summed E-state index contributed by atoms with van der Waals surface area (Å²) >= 11 is 0. The molecule has 17 heavy (non-hydrogen) atoms. The third-order valence-corrected chi connectivity index (χ3v) is 3.60. The van der Waals surface area contributed by atoms with Crippen molar-refractivity contribution < 1.29 is 4.39 Å². The molecule has 0 bridgehead atoms. The highest BCUT2D eigenvalue weighted by Gasteiger charge is 2.26. The highest BCUT2D eigenvalue weighted by atomic mass is 19.1. The normalized spacial score (nSPS) is 17.5. The van der Waals surface area contributed by atoms with Gasteiger partial charge in [0.1, 0.15) is 5.82 Å². The fourth-order valence-corrected chi connectivity index (χ4v) is 2.35. The number of benzene rings is 1. The van der Waals surface area contributed by atoms with Gasteiger partial charge in [0, 0.05) is 19.1 Å². The van der Waals surface area contributed by atoms with E-state index in [4.69, 9.17) is 5.73 Å². The average Bonchev–Trinajstić information content (AvgIpc) is 3.08. The van der Waals surface area contributed by atoms with Gasteiger partial charge in [0.25, 0.3) is 0 Å². The van der Waals surface area contributed by atoms with Gasteiger partial charge < -0.3 is 5.73 Å². The van der Waals surface area contributed by atoms with Crippen LogP contribution in [0.4, 0.5) is 4.39 Å². The van der Waals surface area contributed by atoms with Gasteiger partial charge in [-0.15, -0.1) is 0 Å². The second-order valence-corrected chi connectivity index (χ2v) is 5.14. The van der Waals surface area contributed by atoms with Crippen molar-refractivity contribution in [2.24, 2.45) is 11.7 Å². The molecule has 0 aromatic heterocycles. The van der Waals surface area contributed by atoms with Crippen LogP contribution in [0.25, 0.3) is 0 Å². The summed E-state index contributed by atoms with van der Waals surface area (Å²) in [5, 5.41) is 0. The lowest BCUT2D eigenvalue weighted by Crippen LogP contribution is -2.32. The quantitative estimate of drug-likeness (QED) is 0.851. The Morgan fingerprint density at radius 2 is 2.18 bits per heavy atom. The molecule has 2 nitrogen and oxygen atoms in total. The molecule has 2 rings (SSSR count). The minimum absolute atomic E-state index is 0.131. The molecule has 0 aliphatic heterocycles. The number of likely N-dealkylation sites (N-methyl/N-ethyl adjacent to an activating group) is 1. The Labute approximate surface area is 103 Å². The van der Waals surface area contributed by atoms with Crippen LogP contribution in [0.5, 0.6) is 0 Å². The van der Waals surface area contributed by atoms with E-state index in [0.717, 1.165) is 23.6 Å². The highest BCUT2D eigenvalue weighted by molar-refractivity contribution is 5.30. The fourth-order valence-electron chi connectivity index (χ4n) is 2.35. The van der Waals surface area contributed by atoms with Crippen LogP contribution in [0.1, 0.15) is 30.0 Å². The standard InChI is InChI=1S/C14H21FN2/c1-10-3-6-12(15)7-13(10)14(8-16)17(2)9-11-4-5-11/h3,6-7,11,14H,4-5,8-9,16H2,1-2H3. The maximum Gasteiger partial charge on any atom is 0.123 e. The largest absolute Gasteiger partial charge is 0.329 e. The number of aryl methyl sites for hydroxylation is 1. The predicted octanol–water partition coefficient (Wildman–Crippen LogP) is 2.48. The molecule has 1 unspecified atom stereocenters. The van der Waals surface area contributed by atoms with E-state index < -0.39 is 0 Å². The summed E-state index contributed by atoms with van der Waals surface area (Å²) in [4.78, 5) is 2.26. The maximum absolute atomic E-state index is 13.3. The molecule has 0 saturated heterocycles. The molecule has 1 aliphatic rings. The van der Waals surface area contributed by atoms with Gasteiger partial charge in [0.15, 0.2) is 0 Å². The summed E-state index contributed by atoms with van der Waals surface area (Å²) in [7, 11) is 2.08. The van der Waals surface area contributed by atoms with Crippen LogP contribution >= 0.6 is 0 Å². The number of nitrogens with zero attached hydrogens (tertiary/aromatic N) is 1. The van der Waals surface area contributed by atoms with Gasteiger partial charge in [-0.3, -0.25) is 4.90 Å². The average molecular weight is 236 g/mol. The Morgan fingerprint density at radius 3 is 2.76 bits per heavy atom. The zero-order valence-corrected chi connectivity index (χ0v) is 10.6. The summed E-state index contributed by atoms with van der Waals surface area (Å²) in [6.45, 7) is 3.62. The van der Waals surface area contributed by atoms with E-state index in [1.54, 1.807) is 6.07 Å².